The number of carboxylic acid groups (broad SMARTS) is 1. The molecule has 0 saturated carbocycles. The van der Waals surface area contributed by atoms with Crippen molar-refractivity contribution in [3.63, 3.8) is 0 Å². The summed E-state index contributed by atoms with van der Waals surface area (Å²) in [6.45, 7) is 3.37. The van der Waals surface area contributed by atoms with E-state index in [1.807, 2.05) is 0 Å². The van der Waals surface area contributed by atoms with E-state index in [0.29, 0.717) is 12.8 Å². The third kappa shape index (κ3) is 41.3. The molecule has 2 atom stereocenters. The second kappa shape index (κ2) is 45.1. The van der Waals surface area contributed by atoms with Gasteiger partial charge in [-0.1, -0.05) is 158 Å². The van der Waals surface area contributed by atoms with E-state index in [2.05, 4.69) is 85.2 Å². The Morgan fingerprint density at radius 1 is 0.517 bits per heavy atom. The quantitative estimate of drug-likeness (QED) is 0.0272. The van der Waals surface area contributed by atoms with Crippen molar-refractivity contribution in [2.45, 2.75) is 225 Å². The monoisotopic (exact) mass is 841 g/mol. The number of carbonyl (C=O) groups excluding carboxylic acids is 3. The standard InChI is InChI=1S/C51H88N2O7/c1-3-5-7-9-11-13-15-17-19-20-22-24-26-28-30-35-39-43-50(57)60-46(40-36-32-29-27-25-23-21-18-16-14-12-10-8-6-4-2)41-37-33-31-34-38-42-48(55)52-44-49(56)53-47(45-54)51(58)59/h6,8,12,14,17-19,21,25,27,46-47,54H,3-5,7,9-11,13,15-16,20,22-24,26,28-45H2,1-2H3,(H,52,55)(H,53,56)(H,58,59)/b8-6-,14-12-,19-17-,21-18-,27-25-. The van der Waals surface area contributed by atoms with Gasteiger partial charge in [0.05, 0.1) is 13.2 Å². The summed E-state index contributed by atoms with van der Waals surface area (Å²) in [7, 11) is 0. The smallest absolute Gasteiger partial charge is 0.328 e. The second-order valence-corrected chi connectivity index (χ2v) is 16.2. The minimum atomic E-state index is -1.39. The second-order valence-electron chi connectivity index (χ2n) is 16.2. The minimum Gasteiger partial charge on any atom is -0.480 e. The molecule has 0 spiro atoms. The highest BCUT2D eigenvalue weighted by Gasteiger charge is 2.19. The summed E-state index contributed by atoms with van der Waals surface area (Å²) in [6.07, 6.45) is 55.3. The van der Waals surface area contributed by atoms with Gasteiger partial charge in [0.15, 0.2) is 0 Å². The topological polar surface area (TPSA) is 142 Å². The van der Waals surface area contributed by atoms with Crippen LogP contribution in [0.5, 0.6) is 0 Å². The number of aliphatic hydroxyl groups excluding tert-OH is 1. The van der Waals surface area contributed by atoms with Crippen LogP contribution in [0, 0.1) is 0 Å². The fraction of sp³-hybridized carbons (Fsp3) is 0.725. The van der Waals surface area contributed by atoms with E-state index in [9.17, 15) is 19.2 Å². The molecule has 0 fully saturated rings. The Labute approximate surface area is 366 Å². The molecule has 0 heterocycles. The summed E-state index contributed by atoms with van der Waals surface area (Å²) in [5.74, 6) is -2.33. The first kappa shape index (κ1) is 56.5. The molecule has 9 heteroatoms. The Bertz CT molecular complexity index is 1190. The minimum absolute atomic E-state index is 0.0572. The number of esters is 1. The number of nitrogens with one attached hydrogen (secondary N) is 2. The zero-order chi connectivity index (χ0) is 44.0. The van der Waals surface area contributed by atoms with Gasteiger partial charge >= 0.3 is 11.9 Å². The fourth-order valence-corrected chi connectivity index (χ4v) is 6.82. The summed E-state index contributed by atoms with van der Waals surface area (Å²) < 4.78 is 6.03. The molecule has 0 bridgehead atoms. The number of hydrogen-bond donors (Lipinski definition) is 4. The van der Waals surface area contributed by atoms with E-state index in [1.54, 1.807) is 0 Å². The largest absolute Gasteiger partial charge is 0.480 e. The summed E-state index contributed by atoms with van der Waals surface area (Å²) >= 11 is 0. The van der Waals surface area contributed by atoms with Gasteiger partial charge in [-0.3, -0.25) is 14.4 Å². The number of allylic oxidation sites excluding steroid dienone is 10. The summed E-state index contributed by atoms with van der Waals surface area (Å²) in [4.78, 5) is 47.7. The number of amides is 2. The zero-order valence-electron chi connectivity index (χ0n) is 38.2. The molecule has 0 aromatic carbocycles. The van der Waals surface area contributed by atoms with Gasteiger partial charge in [0, 0.05) is 12.8 Å². The molecule has 9 nitrogen and oxygen atoms in total. The number of carbonyl (C=O) groups is 4. The highest BCUT2D eigenvalue weighted by molar-refractivity contribution is 5.87. The van der Waals surface area contributed by atoms with Crippen LogP contribution in [0.1, 0.15) is 213 Å². The lowest BCUT2D eigenvalue weighted by atomic mass is 10.0. The number of hydrogen-bond acceptors (Lipinski definition) is 6. The van der Waals surface area contributed by atoms with Crippen LogP contribution in [-0.4, -0.2) is 59.3 Å². The van der Waals surface area contributed by atoms with Gasteiger partial charge in [0.2, 0.25) is 11.8 Å². The molecule has 0 aliphatic carbocycles. The van der Waals surface area contributed by atoms with Gasteiger partial charge in [-0.25, -0.2) is 4.79 Å². The molecule has 4 N–H and O–H groups in total. The third-order valence-corrected chi connectivity index (χ3v) is 10.5. The number of aliphatic carboxylic acids is 1. The Hall–Kier alpha value is -3.46. The van der Waals surface area contributed by atoms with Gasteiger partial charge < -0.3 is 25.6 Å². The van der Waals surface area contributed by atoms with Crippen molar-refractivity contribution in [3.05, 3.63) is 60.8 Å². The molecule has 0 rings (SSSR count). The van der Waals surface area contributed by atoms with Crippen LogP contribution in [-0.2, 0) is 23.9 Å². The molecular formula is C51H88N2O7. The molecule has 0 aromatic rings. The molecular weight excluding hydrogens is 753 g/mol. The number of unbranched alkanes of at least 4 members (excludes halogenated alkanes) is 19. The Morgan fingerprint density at radius 2 is 0.950 bits per heavy atom. The highest BCUT2D eigenvalue weighted by atomic mass is 16.5. The Morgan fingerprint density at radius 3 is 1.48 bits per heavy atom. The van der Waals surface area contributed by atoms with E-state index in [0.717, 1.165) is 96.3 Å². The van der Waals surface area contributed by atoms with Crippen LogP contribution >= 0.6 is 0 Å². The van der Waals surface area contributed by atoms with Crippen molar-refractivity contribution in [1.82, 2.24) is 10.6 Å². The molecule has 0 saturated heterocycles. The van der Waals surface area contributed by atoms with Gasteiger partial charge in [-0.05, 0) is 103 Å². The number of ether oxygens (including phenoxy) is 1. The van der Waals surface area contributed by atoms with Crippen LogP contribution < -0.4 is 10.6 Å². The first-order valence-electron chi connectivity index (χ1n) is 24.2. The zero-order valence-corrected chi connectivity index (χ0v) is 38.2. The molecule has 344 valence electrons. The lowest BCUT2D eigenvalue weighted by Gasteiger charge is -2.18. The average molecular weight is 841 g/mol. The lowest BCUT2D eigenvalue weighted by Crippen LogP contribution is -2.47. The van der Waals surface area contributed by atoms with Crippen molar-refractivity contribution >= 4 is 23.8 Å². The normalized spacial score (nSPS) is 13.0. The Balaban J connectivity index is 4.41. The molecule has 0 aliphatic rings. The van der Waals surface area contributed by atoms with E-state index in [1.165, 1.54) is 83.5 Å². The SMILES string of the molecule is CC/C=C\C/C=C\C/C=C\C/C=C\CCCCC(CCCCCCCC(=O)NCC(=O)NC(CO)C(=O)O)OC(=O)CCCCCCCCC/C=C\CCCCCCCC. The van der Waals surface area contributed by atoms with Gasteiger partial charge in [-0.15, -0.1) is 0 Å². The molecule has 60 heavy (non-hydrogen) atoms. The summed E-state index contributed by atoms with van der Waals surface area (Å²) in [5, 5.41) is 22.6. The maximum Gasteiger partial charge on any atom is 0.328 e. The van der Waals surface area contributed by atoms with Crippen LogP contribution in [0.15, 0.2) is 60.8 Å². The fourth-order valence-electron chi connectivity index (χ4n) is 6.82. The lowest BCUT2D eigenvalue weighted by molar-refractivity contribution is -0.150. The van der Waals surface area contributed by atoms with Crippen molar-refractivity contribution in [2.24, 2.45) is 0 Å². The number of rotatable bonds is 43. The predicted molar refractivity (Wildman–Crippen MR) is 250 cm³/mol. The van der Waals surface area contributed by atoms with Gasteiger partial charge in [0.1, 0.15) is 12.1 Å². The van der Waals surface area contributed by atoms with Crippen molar-refractivity contribution in [1.29, 1.82) is 0 Å². The first-order chi connectivity index (χ1) is 29.3. The summed E-state index contributed by atoms with van der Waals surface area (Å²) in [6, 6.07) is -1.39. The number of carboxylic acids is 1. The Kier molecular flexibility index (Phi) is 42.5. The summed E-state index contributed by atoms with van der Waals surface area (Å²) in [5.41, 5.74) is 0. The van der Waals surface area contributed by atoms with Crippen LogP contribution in [0.25, 0.3) is 0 Å². The van der Waals surface area contributed by atoms with Crippen LogP contribution in [0.4, 0.5) is 0 Å². The van der Waals surface area contributed by atoms with Crippen molar-refractivity contribution < 1.29 is 34.1 Å². The average Bonchev–Trinajstić information content (AvgIpc) is 3.23. The van der Waals surface area contributed by atoms with E-state index >= 15 is 0 Å². The predicted octanol–water partition coefficient (Wildman–Crippen LogP) is 12.5. The molecule has 0 aromatic heterocycles. The maximum atomic E-state index is 12.9. The maximum absolute atomic E-state index is 12.9. The molecule has 2 unspecified atom stereocenters. The van der Waals surface area contributed by atoms with E-state index in [-0.39, 0.29) is 30.9 Å². The molecule has 2 amide bonds. The van der Waals surface area contributed by atoms with E-state index in [4.69, 9.17) is 14.9 Å². The van der Waals surface area contributed by atoms with Crippen molar-refractivity contribution in [3.8, 4) is 0 Å². The van der Waals surface area contributed by atoms with E-state index < -0.39 is 24.5 Å². The van der Waals surface area contributed by atoms with Gasteiger partial charge in [-0.2, -0.15) is 0 Å². The third-order valence-electron chi connectivity index (χ3n) is 10.5. The molecule has 0 aliphatic heterocycles. The number of aliphatic hydroxyl groups is 1. The first-order valence-corrected chi connectivity index (χ1v) is 24.2. The molecule has 0 radical (unpaired) electrons. The highest BCUT2D eigenvalue weighted by Crippen LogP contribution is 2.18. The van der Waals surface area contributed by atoms with Crippen LogP contribution in [0.3, 0.4) is 0 Å². The van der Waals surface area contributed by atoms with Crippen molar-refractivity contribution in [2.75, 3.05) is 13.2 Å². The van der Waals surface area contributed by atoms with Crippen LogP contribution in [0.2, 0.25) is 0 Å². The van der Waals surface area contributed by atoms with Gasteiger partial charge in [0.25, 0.3) is 0 Å².